The molecule has 1 rings (SSSR count). The molecule has 0 saturated carbocycles. The lowest BCUT2D eigenvalue weighted by Gasteiger charge is -2.06. The lowest BCUT2D eigenvalue weighted by Crippen LogP contribution is -2.09. The largest absolute Gasteiger partial charge is 0.370 e. The highest BCUT2D eigenvalue weighted by Gasteiger charge is 2.07. The summed E-state index contributed by atoms with van der Waals surface area (Å²) in [5, 5.41) is 0. The highest BCUT2D eigenvalue weighted by Crippen LogP contribution is 2.23. The lowest BCUT2D eigenvalue weighted by molar-refractivity contribution is -0.118. The van der Waals surface area contributed by atoms with Gasteiger partial charge in [-0.1, -0.05) is 69.9 Å². The Morgan fingerprint density at radius 2 is 1.45 bits per heavy atom. The van der Waals surface area contributed by atoms with Crippen molar-refractivity contribution in [1.82, 2.24) is 0 Å². The number of carbonyl (C=O) groups is 1. The molecule has 0 aromatic carbocycles. The van der Waals surface area contributed by atoms with E-state index in [2.05, 4.69) is 12.2 Å². The van der Waals surface area contributed by atoms with E-state index in [4.69, 9.17) is 5.73 Å². The Kier molecular flexibility index (Phi) is 10.3. The van der Waals surface area contributed by atoms with Crippen LogP contribution in [0, 0.1) is 5.92 Å². The number of hydrogen-bond donors (Lipinski definition) is 1. The predicted octanol–water partition coefficient (Wildman–Crippen LogP) is 5.12. The van der Waals surface area contributed by atoms with Crippen molar-refractivity contribution in [2.45, 2.75) is 89.9 Å². The first kappa shape index (κ1) is 17.3. The van der Waals surface area contributed by atoms with Gasteiger partial charge in [-0.2, -0.15) is 0 Å². The van der Waals surface area contributed by atoms with Crippen LogP contribution >= 0.6 is 0 Å². The van der Waals surface area contributed by atoms with E-state index in [-0.39, 0.29) is 5.91 Å². The van der Waals surface area contributed by atoms with Gasteiger partial charge in [-0.25, -0.2) is 0 Å². The summed E-state index contributed by atoms with van der Waals surface area (Å²) in [7, 11) is 0. The molecule has 0 saturated heterocycles. The molecule has 1 aliphatic rings. The molecule has 0 aromatic rings. The number of carbonyl (C=O) groups excluding carboxylic acids is 1. The SMILES string of the molecule is NC(=O)CCCCCCCCCCCC[C@H]1C=CCC1. The molecule has 1 atom stereocenters. The summed E-state index contributed by atoms with van der Waals surface area (Å²) in [5.41, 5.74) is 5.11. The quantitative estimate of drug-likeness (QED) is 0.369. The van der Waals surface area contributed by atoms with Gasteiger partial charge in [0, 0.05) is 6.42 Å². The number of amides is 1. The second-order valence-corrected chi connectivity index (χ2v) is 6.31. The molecule has 2 heteroatoms. The molecule has 0 heterocycles. The Morgan fingerprint density at radius 1 is 0.900 bits per heavy atom. The van der Waals surface area contributed by atoms with Gasteiger partial charge in [0.2, 0.25) is 5.91 Å². The van der Waals surface area contributed by atoms with Crippen molar-refractivity contribution in [3.63, 3.8) is 0 Å². The second kappa shape index (κ2) is 12.0. The van der Waals surface area contributed by atoms with Crippen molar-refractivity contribution in [2.24, 2.45) is 11.7 Å². The number of allylic oxidation sites excluding steroid dienone is 2. The van der Waals surface area contributed by atoms with E-state index in [1.54, 1.807) is 0 Å². The molecule has 20 heavy (non-hydrogen) atoms. The Hall–Kier alpha value is -0.790. The van der Waals surface area contributed by atoms with Crippen molar-refractivity contribution in [3.05, 3.63) is 12.2 Å². The Balaban J connectivity index is 1.70. The number of rotatable bonds is 13. The molecule has 0 radical (unpaired) electrons. The zero-order valence-electron chi connectivity index (χ0n) is 13.1. The van der Waals surface area contributed by atoms with Gasteiger partial charge >= 0.3 is 0 Å². The Bertz CT molecular complexity index is 273. The minimum absolute atomic E-state index is 0.155. The van der Waals surface area contributed by atoms with Crippen molar-refractivity contribution in [1.29, 1.82) is 0 Å². The minimum Gasteiger partial charge on any atom is -0.370 e. The van der Waals surface area contributed by atoms with Crippen LogP contribution in [0.4, 0.5) is 0 Å². The molecular formula is C18H33NO. The lowest BCUT2D eigenvalue weighted by atomic mass is 9.99. The molecule has 0 aliphatic heterocycles. The summed E-state index contributed by atoms with van der Waals surface area (Å²) in [6.07, 6.45) is 22.6. The van der Waals surface area contributed by atoms with Gasteiger partial charge in [-0.15, -0.1) is 0 Å². The summed E-state index contributed by atoms with van der Waals surface area (Å²) in [5.74, 6) is 0.744. The molecule has 116 valence electrons. The van der Waals surface area contributed by atoms with Gasteiger partial charge in [0.05, 0.1) is 0 Å². The Morgan fingerprint density at radius 3 is 1.95 bits per heavy atom. The van der Waals surface area contributed by atoms with Crippen LogP contribution in [0.1, 0.15) is 89.9 Å². The van der Waals surface area contributed by atoms with E-state index >= 15 is 0 Å². The maximum absolute atomic E-state index is 10.6. The first-order chi connectivity index (χ1) is 9.79. The van der Waals surface area contributed by atoms with E-state index in [0.29, 0.717) is 6.42 Å². The molecule has 2 nitrogen and oxygen atoms in total. The molecule has 0 spiro atoms. The summed E-state index contributed by atoms with van der Waals surface area (Å²) in [6, 6.07) is 0. The minimum atomic E-state index is -0.155. The number of nitrogens with two attached hydrogens (primary N) is 1. The summed E-state index contributed by atoms with van der Waals surface area (Å²) in [6.45, 7) is 0. The fourth-order valence-electron chi connectivity index (χ4n) is 3.06. The second-order valence-electron chi connectivity index (χ2n) is 6.31. The van der Waals surface area contributed by atoms with E-state index in [9.17, 15) is 4.79 Å². The van der Waals surface area contributed by atoms with Crippen LogP contribution in [-0.2, 0) is 4.79 Å². The van der Waals surface area contributed by atoms with E-state index in [1.807, 2.05) is 0 Å². The number of primary amides is 1. The predicted molar refractivity (Wildman–Crippen MR) is 86.5 cm³/mol. The average molecular weight is 279 g/mol. The number of unbranched alkanes of at least 4 members (excludes halogenated alkanes) is 9. The fourth-order valence-corrected chi connectivity index (χ4v) is 3.06. The van der Waals surface area contributed by atoms with Crippen LogP contribution in [0.3, 0.4) is 0 Å². The van der Waals surface area contributed by atoms with Crippen molar-refractivity contribution < 1.29 is 4.79 Å². The van der Waals surface area contributed by atoms with Crippen molar-refractivity contribution in [3.8, 4) is 0 Å². The van der Waals surface area contributed by atoms with Gasteiger partial charge in [0.15, 0.2) is 0 Å². The number of hydrogen-bond acceptors (Lipinski definition) is 1. The molecule has 0 bridgehead atoms. The monoisotopic (exact) mass is 279 g/mol. The average Bonchev–Trinajstić information content (AvgIpc) is 2.93. The zero-order valence-corrected chi connectivity index (χ0v) is 13.1. The summed E-state index contributed by atoms with van der Waals surface area (Å²) >= 11 is 0. The van der Waals surface area contributed by atoms with Crippen LogP contribution in [0.15, 0.2) is 12.2 Å². The zero-order chi connectivity index (χ0) is 14.5. The molecule has 0 aromatic heterocycles. The molecule has 2 N–H and O–H groups in total. The third-order valence-corrected chi connectivity index (χ3v) is 4.36. The van der Waals surface area contributed by atoms with Crippen molar-refractivity contribution in [2.75, 3.05) is 0 Å². The van der Waals surface area contributed by atoms with Gasteiger partial charge in [-0.3, -0.25) is 4.79 Å². The normalized spacial score (nSPS) is 17.7. The van der Waals surface area contributed by atoms with Gasteiger partial charge < -0.3 is 5.73 Å². The molecular weight excluding hydrogens is 246 g/mol. The van der Waals surface area contributed by atoms with E-state index in [0.717, 1.165) is 18.8 Å². The maximum atomic E-state index is 10.6. The van der Waals surface area contributed by atoms with Gasteiger partial charge in [0.1, 0.15) is 0 Å². The van der Waals surface area contributed by atoms with Crippen LogP contribution in [0.5, 0.6) is 0 Å². The maximum Gasteiger partial charge on any atom is 0.217 e. The standard InChI is InChI=1S/C18H33NO/c19-18(20)16-10-8-6-4-2-1-3-5-7-9-13-17-14-11-12-15-17/h11,14,17H,1-10,12-13,15-16H2,(H2,19,20)/t17-/m0/s1. The van der Waals surface area contributed by atoms with Crippen molar-refractivity contribution >= 4 is 5.91 Å². The summed E-state index contributed by atoms with van der Waals surface area (Å²) < 4.78 is 0. The fraction of sp³-hybridized carbons (Fsp3) is 0.833. The first-order valence-electron chi connectivity index (χ1n) is 8.74. The summed E-state index contributed by atoms with van der Waals surface area (Å²) in [4.78, 5) is 10.6. The topological polar surface area (TPSA) is 43.1 Å². The molecule has 0 unspecified atom stereocenters. The molecule has 1 aliphatic carbocycles. The van der Waals surface area contributed by atoms with Crippen LogP contribution in [-0.4, -0.2) is 5.91 Å². The first-order valence-corrected chi connectivity index (χ1v) is 8.74. The third-order valence-electron chi connectivity index (χ3n) is 4.36. The third kappa shape index (κ3) is 10.1. The van der Waals surface area contributed by atoms with Crippen LogP contribution < -0.4 is 5.73 Å². The van der Waals surface area contributed by atoms with Crippen LogP contribution in [0.25, 0.3) is 0 Å². The van der Waals surface area contributed by atoms with Crippen LogP contribution in [0.2, 0.25) is 0 Å². The van der Waals surface area contributed by atoms with Gasteiger partial charge in [-0.05, 0) is 31.6 Å². The van der Waals surface area contributed by atoms with E-state index < -0.39 is 0 Å². The molecule has 1 amide bonds. The highest BCUT2D eigenvalue weighted by molar-refractivity contribution is 5.73. The van der Waals surface area contributed by atoms with E-state index in [1.165, 1.54) is 70.6 Å². The Labute approximate surface area is 125 Å². The molecule has 0 fully saturated rings. The smallest absolute Gasteiger partial charge is 0.217 e. The highest BCUT2D eigenvalue weighted by atomic mass is 16.1. The van der Waals surface area contributed by atoms with Gasteiger partial charge in [0.25, 0.3) is 0 Å².